The molecule has 414 valence electrons. The monoisotopic (exact) mass is 1120 g/mol. The fourth-order valence-electron chi connectivity index (χ4n) is 13.2. The molecule has 88 heavy (non-hydrogen) atoms. The summed E-state index contributed by atoms with van der Waals surface area (Å²) in [6.45, 7) is 6.58. The summed E-state index contributed by atoms with van der Waals surface area (Å²) >= 11 is 0. The highest BCUT2D eigenvalue weighted by Gasteiger charge is 2.19. The normalized spacial score (nSPS) is 12.1. The standard InChI is InChI=1S/C84H58N4/c1-56(58-19-7-3-8-20-58)51-78(85-57(2)59-21-9-4-10-22-59)64-35-45-69(46-36-64)86-81-49-39-65(62-31-41-70(42-32-62)87-79-29-17-15-27-72(79)74-47-37-67(54-83(74)87)60-23-11-5-12-24-60)52-76(81)77-53-66(40-50-82(77)86)63-33-43-71(44-34-63)88-80-30-18-16-28-73(80)75-48-38-68(55-84(75)88)61-25-13-6-14-26-61/h3-55H,2H2,1H3/b56-51+,85-78?. The van der Waals surface area contributed by atoms with Gasteiger partial charge in [0.25, 0.3) is 0 Å². The molecule has 0 aliphatic heterocycles. The van der Waals surface area contributed by atoms with E-state index in [1.807, 2.05) is 18.2 Å². The third-order valence-corrected chi connectivity index (χ3v) is 17.6. The summed E-state index contributed by atoms with van der Waals surface area (Å²) in [5, 5.41) is 7.32. The highest BCUT2D eigenvalue weighted by atomic mass is 15.0. The Hall–Kier alpha value is -11.6. The molecule has 0 unspecified atom stereocenters. The van der Waals surface area contributed by atoms with Crippen LogP contribution in [0, 0.1) is 0 Å². The van der Waals surface area contributed by atoms with Crippen molar-refractivity contribution in [1.29, 1.82) is 0 Å². The van der Waals surface area contributed by atoms with Crippen molar-refractivity contribution >= 4 is 82.4 Å². The third kappa shape index (κ3) is 9.23. The van der Waals surface area contributed by atoms with Gasteiger partial charge in [-0.15, -0.1) is 0 Å². The van der Waals surface area contributed by atoms with E-state index in [4.69, 9.17) is 4.99 Å². The quantitative estimate of drug-likeness (QED) is 0.109. The van der Waals surface area contributed by atoms with Crippen molar-refractivity contribution < 1.29 is 0 Å². The van der Waals surface area contributed by atoms with Crippen LogP contribution in [0.3, 0.4) is 0 Å². The topological polar surface area (TPSA) is 27.1 Å². The van der Waals surface area contributed by atoms with E-state index in [1.54, 1.807) is 0 Å². The molecule has 0 bridgehead atoms. The number of rotatable bonds is 12. The molecule has 3 aromatic heterocycles. The van der Waals surface area contributed by atoms with Gasteiger partial charge in [-0.2, -0.15) is 0 Å². The van der Waals surface area contributed by atoms with Gasteiger partial charge in [-0.25, -0.2) is 4.99 Å². The van der Waals surface area contributed by atoms with E-state index >= 15 is 0 Å². The van der Waals surface area contributed by atoms with Gasteiger partial charge in [0.1, 0.15) is 0 Å². The van der Waals surface area contributed by atoms with E-state index in [9.17, 15) is 0 Å². The molecule has 0 amide bonds. The first-order valence-electron chi connectivity index (χ1n) is 30.1. The van der Waals surface area contributed by atoms with E-state index in [2.05, 4.69) is 331 Å². The number of benzene rings is 13. The van der Waals surface area contributed by atoms with E-state index in [0.717, 1.165) is 78.3 Å². The third-order valence-electron chi connectivity index (χ3n) is 17.6. The number of nitrogens with zero attached hydrogens (tertiary/aromatic N) is 4. The lowest BCUT2D eigenvalue weighted by Gasteiger charge is -2.12. The zero-order valence-electron chi connectivity index (χ0n) is 48.6. The number of aliphatic imine (C=N–C) groups is 1. The van der Waals surface area contributed by atoms with Crippen LogP contribution in [0.4, 0.5) is 0 Å². The minimum Gasteiger partial charge on any atom is -0.309 e. The Morgan fingerprint density at radius 1 is 0.273 bits per heavy atom. The average Bonchev–Trinajstić information content (AvgIpc) is 1.79. The predicted octanol–water partition coefficient (Wildman–Crippen LogP) is 22.2. The lowest BCUT2D eigenvalue weighted by atomic mass is 10.00. The lowest BCUT2D eigenvalue weighted by molar-refractivity contribution is 1.18. The fourth-order valence-corrected chi connectivity index (χ4v) is 13.2. The molecule has 0 atom stereocenters. The second-order valence-electron chi connectivity index (χ2n) is 22.8. The van der Waals surface area contributed by atoms with E-state index < -0.39 is 0 Å². The first-order chi connectivity index (χ1) is 43.5. The second-order valence-corrected chi connectivity index (χ2v) is 22.8. The predicted molar refractivity (Wildman–Crippen MR) is 373 cm³/mol. The van der Waals surface area contributed by atoms with Crippen molar-refractivity contribution in [3.05, 3.63) is 345 Å². The molecule has 0 fully saturated rings. The maximum atomic E-state index is 5.21. The van der Waals surface area contributed by atoms with E-state index in [-0.39, 0.29) is 0 Å². The van der Waals surface area contributed by atoms with Crippen molar-refractivity contribution in [2.75, 3.05) is 0 Å². The zero-order chi connectivity index (χ0) is 58.7. The Bertz CT molecular complexity index is 5140. The molecule has 0 aliphatic rings. The highest BCUT2D eigenvalue weighted by Crippen LogP contribution is 2.41. The van der Waals surface area contributed by atoms with Crippen LogP contribution in [-0.4, -0.2) is 19.4 Å². The fraction of sp³-hybridized carbons (Fsp3) is 0.0119. The van der Waals surface area contributed by atoms with Gasteiger partial charge in [0, 0.05) is 54.9 Å². The van der Waals surface area contributed by atoms with Gasteiger partial charge in [0.2, 0.25) is 0 Å². The van der Waals surface area contributed by atoms with Gasteiger partial charge in [0.15, 0.2) is 0 Å². The van der Waals surface area contributed by atoms with Gasteiger partial charge in [0.05, 0.1) is 44.5 Å². The maximum Gasteiger partial charge on any atom is 0.0712 e. The molecule has 13 aromatic carbocycles. The Morgan fingerprint density at radius 2 is 0.602 bits per heavy atom. The molecule has 16 rings (SSSR count). The van der Waals surface area contributed by atoms with Crippen molar-refractivity contribution in [3.63, 3.8) is 0 Å². The van der Waals surface area contributed by atoms with Crippen LogP contribution in [0.25, 0.3) is 138 Å². The Labute approximate surface area is 511 Å². The van der Waals surface area contributed by atoms with Crippen LogP contribution >= 0.6 is 0 Å². The van der Waals surface area contributed by atoms with Crippen LogP contribution in [0.15, 0.2) is 333 Å². The summed E-state index contributed by atoms with van der Waals surface area (Å²) in [4.78, 5) is 5.21. The van der Waals surface area contributed by atoms with Crippen molar-refractivity contribution in [1.82, 2.24) is 13.7 Å². The van der Waals surface area contributed by atoms with Gasteiger partial charge < -0.3 is 13.7 Å². The summed E-state index contributed by atoms with van der Waals surface area (Å²) in [6.07, 6.45) is 2.18. The number of para-hydroxylation sites is 2. The molecule has 0 saturated heterocycles. The summed E-state index contributed by atoms with van der Waals surface area (Å²) in [7, 11) is 0. The number of hydrogen-bond donors (Lipinski definition) is 0. The van der Waals surface area contributed by atoms with Crippen molar-refractivity contribution in [3.8, 4) is 61.6 Å². The molecule has 0 aliphatic carbocycles. The SMILES string of the molecule is C=C(N=C(/C=C(\C)c1ccccc1)c1ccc(-n2c3ccc(-c4ccc(-n5c6ccccc6c6ccc(-c7ccccc7)cc65)cc4)cc3c3cc(-c4ccc(-n5c6ccccc6c6ccc(-c7ccccc7)cc65)cc4)ccc32)cc1)c1ccccc1. The Kier molecular flexibility index (Phi) is 12.9. The first-order valence-corrected chi connectivity index (χ1v) is 30.1. The molecule has 0 radical (unpaired) electrons. The minimum absolute atomic E-state index is 0.711. The number of allylic oxidation sites excluding steroid dienone is 2. The highest BCUT2D eigenvalue weighted by molar-refractivity contribution is 6.16. The zero-order valence-corrected chi connectivity index (χ0v) is 48.6. The smallest absolute Gasteiger partial charge is 0.0712 e. The molecular weight excluding hydrogens is 1060 g/mol. The summed E-state index contributed by atoms with van der Waals surface area (Å²) in [5.41, 5.74) is 25.5. The second kappa shape index (κ2) is 21.8. The summed E-state index contributed by atoms with van der Waals surface area (Å²) in [6, 6.07) is 114. The first kappa shape index (κ1) is 52.0. The van der Waals surface area contributed by atoms with Crippen LogP contribution in [-0.2, 0) is 0 Å². The van der Waals surface area contributed by atoms with Crippen molar-refractivity contribution in [2.24, 2.45) is 4.99 Å². The van der Waals surface area contributed by atoms with Crippen LogP contribution in [0.2, 0.25) is 0 Å². The number of aromatic nitrogens is 3. The average molecular weight is 1120 g/mol. The molecule has 0 saturated carbocycles. The Balaban J connectivity index is 0.811. The molecule has 0 N–H and O–H groups in total. The molecular formula is C84H58N4. The van der Waals surface area contributed by atoms with Crippen LogP contribution in [0.1, 0.15) is 23.6 Å². The molecule has 4 heteroatoms. The molecule has 16 aromatic rings. The van der Waals surface area contributed by atoms with Gasteiger partial charge in [-0.3, -0.25) is 0 Å². The number of fused-ring (bicyclic) bond motifs is 9. The maximum absolute atomic E-state index is 5.21. The molecule has 3 heterocycles. The minimum atomic E-state index is 0.711. The van der Waals surface area contributed by atoms with Crippen LogP contribution < -0.4 is 0 Å². The lowest BCUT2D eigenvalue weighted by Crippen LogP contribution is -2.01. The van der Waals surface area contributed by atoms with Crippen molar-refractivity contribution in [2.45, 2.75) is 6.92 Å². The number of hydrogen-bond acceptors (Lipinski definition) is 1. The van der Waals surface area contributed by atoms with Gasteiger partial charge in [-0.05, 0) is 159 Å². The van der Waals surface area contributed by atoms with E-state index in [1.165, 1.54) is 76.6 Å². The largest absolute Gasteiger partial charge is 0.309 e. The van der Waals surface area contributed by atoms with Gasteiger partial charge >= 0.3 is 0 Å². The van der Waals surface area contributed by atoms with E-state index in [0.29, 0.717) is 5.70 Å². The summed E-state index contributed by atoms with van der Waals surface area (Å²) in [5.74, 6) is 0. The molecule has 4 nitrogen and oxygen atoms in total. The Morgan fingerprint density at radius 3 is 1.07 bits per heavy atom. The van der Waals surface area contributed by atoms with Gasteiger partial charge in [-0.1, -0.05) is 237 Å². The molecule has 0 spiro atoms. The van der Waals surface area contributed by atoms with Crippen LogP contribution in [0.5, 0.6) is 0 Å². The summed E-state index contributed by atoms with van der Waals surface area (Å²) < 4.78 is 7.24.